The normalized spacial score (nSPS) is 11.4. The molecule has 0 spiro atoms. The minimum Gasteiger partial charge on any atom is -0.395 e. The van der Waals surface area contributed by atoms with E-state index in [0.717, 1.165) is 21.6 Å². The number of fused-ring (bicyclic) bond motifs is 1. The largest absolute Gasteiger partial charge is 0.395 e. The van der Waals surface area contributed by atoms with Crippen molar-refractivity contribution in [3.63, 3.8) is 0 Å². The van der Waals surface area contributed by atoms with Crippen LogP contribution >= 0.6 is 11.3 Å². The molecule has 0 aliphatic carbocycles. The lowest BCUT2D eigenvalue weighted by Crippen LogP contribution is -1.85. The van der Waals surface area contributed by atoms with E-state index in [2.05, 4.69) is 17.2 Å². The number of thiophene rings is 1. The summed E-state index contributed by atoms with van der Waals surface area (Å²) in [5.74, 6) is 0.646. The molecule has 2 N–H and O–H groups in total. The van der Waals surface area contributed by atoms with E-state index in [1.54, 1.807) is 17.5 Å². The van der Waals surface area contributed by atoms with Crippen LogP contribution in [0.25, 0.3) is 21.7 Å². The number of nitrogens with zero attached hydrogens (tertiary/aromatic N) is 2. The fourth-order valence-electron chi connectivity index (χ4n) is 1.78. The Balaban J connectivity index is 2.28. The van der Waals surface area contributed by atoms with Crippen molar-refractivity contribution in [2.24, 2.45) is 0 Å². The molecule has 0 aliphatic heterocycles. The molecule has 0 amide bonds. The number of anilines is 1. The average molecular weight is 249 g/mol. The van der Waals surface area contributed by atoms with Gasteiger partial charge in [0.25, 0.3) is 0 Å². The molecular weight excluding hydrogens is 238 g/mol. The van der Waals surface area contributed by atoms with Crippen molar-refractivity contribution < 1.29 is 9.05 Å². The van der Waals surface area contributed by atoms with Crippen LogP contribution in [0.4, 0.5) is 5.69 Å². The first-order valence-electron chi connectivity index (χ1n) is 5.30. The van der Waals surface area contributed by atoms with Gasteiger partial charge >= 0.3 is 0 Å². The van der Waals surface area contributed by atoms with Crippen molar-refractivity contribution in [2.45, 2.75) is 20.3 Å². The minimum atomic E-state index is 0.646. The molecule has 3 aromatic rings. The molecule has 5 nitrogen and oxygen atoms in total. The lowest BCUT2D eigenvalue weighted by Gasteiger charge is -1.90. The minimum absolute atomic E-state index is 0.646. The Hall–Kier alpha value is -1.82. The van der Waals surface area contributed by atoms with Crippen LogP contribution in [0.15, 0.2) is 15.2 Å². The standard InChI is InChI=1S/C11H11N3O2S/c1-3-6-7(12)10-11(17-6)8(14-16-10)9-5(2)4-13-15-9/h4H,3,12H2,1-2H3. The van der Waals surface area contributed by atoms with Crippen LogP contribution in [-0.4, -0.2) is 10.3 Å². The van der Waals surface area contributed by atoms with Crippen molar-refractivity contribution in [1.29, 1.82) is 0 Å². The van der Waals surface area contributed by atoms with Gasteiger partial charge in [0, 0.05) is 10.4 Å². The van der Waals surface area contributed by atoms with Gasteiger partial charge in [0.2, 0.25) is 5.58 Å². The van der Waals surface area contributed by atoms with E-state index in [0.29, 0.717) is 22.7 Å². The second-order valence-electron chi connectivity index (χ2n) is 3.82. The van der Waals surface area contributed by atoms with Crippen LogP contribution in [0, 0.1) is 6.92 Å². The highest BCUT2D eigenvalue weighted by Crippen LogP contribution is 2.40. The Kier molecular flexibility index (Phi) is 2.19. The van der Waals surface area contributed by atoms with E-state index in [9.17, 15) is 0 Å². The van der Waals surface area contributed by atoms with E-state index in [-0.39, 0.29) is 0 Å². The van der Waals surface area contributed by atoms with E-state index in [1.165, 1.54) is 0 Å². The average Bonchev–Trinajstić information content (AvgIpc) is 2.96. The van der Waals surface area contributed by atoms with Gasteiger partial charge < -0.3 is 14.8 Å². The highest BCUT2D eigenvalue weighted by molar-refractivity contribution is 7.20. The van der Waals surface area contributed by atoms with Crippen LogP contribution in [0.3, 0.4) is 0 Å². The predicted molar refractivity (Wildman–Crippen MR) is 65.9 cm³/mol. The molecule has 3 rings (SSSR count). The molecule has 17 heavy (non-hydrogen) atoms. The van der Waals surface area contributed by atoms with E-state index in [4.69, 9.17) is 14.8 Å². The molecule has 3 aromatic heterocycles. The van der Waals surface area contributed by atoms with Crippen LogP contribution < -0.4 is 5.73 Å². The molecule has 0 saturated carbocycles. The maximum atomic E-state index is 5.98. The van der Waals surface area contributed by atoms with Crippen LogP contribution in [0.1, 0.15) is 17.4 Å². The molecule has 0 fully saturated rings. The second-order valence-corrected chi connectivity index (χ2v) is 4.93. The molecule has 88 valence electrons. The third-order valence-corrected chi connectivity index (χ3v) is 4.04. The Bertz CT molecular complexity index is 680. The maximum Gasteiger partial charge on any atom is 0.201 e. The summed E-state index contributed by atoms with van der Waals surface area (Å²) in [6.45, 7) is 3.98. The molecule has 0 bridgehead atoms. The zero-order valence-electron chi connectivity index (χ0n) is 9.48. The number of nitrogen functional groups attached to an aromatic ring is 1. The van der Waals surface area contributed by atoms with Crippen molar-refractivity contribution in [3.05, 3.63) is 16.6 Å². The molecule has 6 heteroatoms. The van der Waals surface area contributed by atoms with Gasteiger partial charge in [-0.15, -0.1) is 11.3 Å². The van der Waals surface area contributed by atoms with E-state index >= 15 is 0 Å². The van der Waals surface area contributed by atoms with Gasteiger partial charge in [0.05, 0.1) is 11.9 Å². The first-order valence-corrected chi connectivity index (χ1v) is 6.12. The van der Waals surface area contributed by atoms with Gasteiger partial charge in [-0.1, -0.05) is 17.2 Å². The van der Waals surface area contributed by atoms with Crippen molar-refractivity contribution in [1.82, 2.24) is 10.3 Å². The third kappa shape index (κ3) is 1.37. The first-order chi connectivity index (χ1) is 8.22. The van der Waals surface area contributed by atoms with Crippen LogP contribution in [-0.2, 0) is 6.42 Å². The number of aryl methyl sites for hydroxylation is 2. The summed E-state index contributed by atoms with van der Waals surface area (Å²) in [5.41, 5.74) is 8.94. The van der Waals surface area contributed by atoms with Gasteiger partial charge in [-0.25, -0.2) is 0 Å². The quantitative estimate of drug-likeness (QED) is 0.755. The van der Waals surface area contributed by atoms with Gasteiger partial charge in [-0.3, -0.25) is 0 Å². The molecule has 3 heterocycles. The highest BCUT2D eigenvalue weighted by atomic mass is 32.1. The number of nitrogens with two attached hydrogens (primary N) is 1. The highest BCUT2D eigenvalue weighted by Gasteiger charge is 2.21. The van der Waals surface area contributed by atoms with Gasteiger partial charge in [-0.05, 0) is 13.3 Å². The Labute approximate surface area is 101 Å². The summed E-state index contributed by atoms with van der Waals surface area (Å²) in [5, 5.41) is 7.77. The zero-order valence-corrected chi connectivity index (χ0v) is 10.3. The topological polar surface area (TPSA) is 78.1 Å². The summed E-state index contributed by atoms with van der Waals surface area (Å²) in [6, 6.07) is 0. The fourth-order valence-corrected chi connectivity index (χ4v) is 2.84. The summed E-state index contributed by atoms with van der Waals surface area (Å²) in [6.07, 6.45) is 2.54. The molecule has 0 radical (unpaired) electrons. The maximum absolute atomic E-state index is 5.98. The van der Waals surface area contributed by atoms with Crippen molar-refractivity contribution in [2.75, 3.05) is 5.73 Å². The lowest BCUT2D eigenvalue weighted by molar-refractivity contribution is 0.419. The molecule has 0 saturated heterocycles. The van der Waals surface area contributed by atoms with Crippen molar-refractivity contribution in [3.8, 4) is 11.5 Å². The van der Waals surface area contributed by atoms with Crippen molar-refractivity contribution >= 4 is 27.3 Å². The number of hydrogen-bond acceptors (Lipinski definition) is 6. The second kappa shape index (κ2) is 3.59. The number of hydrogen-bond donors (Lipinski definition) is 1. The first kappa shape index (κ1) is 10.3. The third-order valence-electron chi connectivity index (χ3n) is 2.70. The molecule has 0 atom stereocenters. The summed E-state index contributed by atoms with van der Waals surface area (Å²) < 4.78 is 11.4. The van der Waals surface area contributed by atoms with Crippen LogP contribution in [0.5, 0.6) is 0 Å². The Morgan fingerprint density at radius 1 is 1.41 bits per heavy atom. The molecular formula is C11H11N3O2S. The molecule has 0 unspecified atom stereocenters. The Morgan fingerprint density at radius 2 is 2.24 bits per heavy atom. The summed E-state index contributed by atoms with van der Waals surface area (Å²) in [7, 11) is 0. The lowest BCUT2D eigenvalue weighted by atomic mass is 10.2. The monoisotopic (exact) mass is 249 g/mol. The number of rotatable bonds is 2. The predicted octanol–water partition coefficient (Wildman–Crippen LogP) is 3.00. The zero-order chi connectivity index (χ0) is 12.0. The van der Waals surface area contributed by atoms with E-state index < -0.39 is 0 Å². The summed E-state index contributed by atoms with van der Waals surface area (Å²) >= 11 is 1.60. The summed E-state index contributed by atoms with van der Waals surface area (Å²) in [4.78, 5) is 1.11. The van der Waals surface area contributed by atoms with Gasteiger partial charge in [0.15, 0.2) is 11.5 Å². The SMILES string of the molecule is CCc1sc2c(-c3oncc3C)noc2c1N. The molecule has 0 aromatic carbocycles. The number of aromatic nitrogens is 2. The van der Waals surface area contributed by atoms with E-state index in [1.807, 2.05) is 6.92 Å². The fraction of sp³-hybridized carbons (Fsp3) is 0.273. The smallest absolute Gasteiger partial charge is 0.201 e. The van der Waals surface area contributed by atoms with Gasteiger partial charge in [-0.2, -0.15) is 0 Å². The Morgan fingerprint density at radius 3 is 2.88 bits per heavy atom. The van der Waals surface area contributed by atoms with Gasteiger partial charge in [0.1, 0.15) is 4.70 Å². The molecule has 0 aliphatic rings. The van der Waals surface area contributed by atoms with Crippen LogP contribution in [0.2, 0.25) is 0 Å².